The Morgan fingerprint density at radius 3 is 2.71 bits per heavy atom. The van der Waals surface area contributed by atoms with Crippen molar-refractivity contribution in [3.05, 3.63) is 65.1 Å². The Kier molecular flexibility index (Phi) is 5.47. The second kappa shape index (κ2) is 8.79. The van der Waals surface area contributed by atoms with Crippen molar-refractivity contribution in [3.63, 3.8) is 0 Å². The first-order valence-electron chi connectivity index (χ1n) is 11.9. The third kappa shape index (κ3) is 3.75. The highest BCUT2D eigenvalue weighted by atomic mass is 16.5. The number of ether oxygens (including phenoxy) is 2. The van der Waals surface area contributed by atoms with Crippen LogP contribution in [0.2, 0.25) is 0 Å². The number of benzene rings is 2. The van der Waals surface area contributed by atoms with Gasteiger partial charge in [-0.2, -0.15) is 0 Å². The van der Waals surface area contributed by atoms with E-state index in [9.17, 15) is 9.59 Å². The number of pyridine rings is 2. The predicted molar refractivity (Wildman–Crippen MR) is 136 cm³/mol. The standard InChI is InChI=1S/C27H26N4O4/c1-17(26(32)29-10-11-30-12-14-34-15-13-30)35-18-6-7-23-22(16-18)20-8-9-28-24-19-4-2-3-5-21(19)27(33)31(23)25(20)24/h2-9,16-17H,10-15H2,1H3,(H,29,32)/t17-/m0/s1. The Balaban J connectivity index is 1.29. The van der Waals surface area contributed by atoms with Crippen LogP contribution in [0.4, 0.5) is 0 Å². The van der Waals surface area contributed by atoms with Crippen molar-refractivity contribution in [1.29, 1.82) is 0 Å². The minimum Gasteiger partial charge on any atom is -0.481 e. The molecule has 5 aromatic rings. The average molecular weight is 471 g/mol. The summed E-state index contributed by atoms with van der Waals surface area (Å²) >= 11 is 0. The van der Waals surface area contributed by atoms with Crippen molar-refractivity contribution < 1.29 is 14.3 Å². The number of hydrogen-bond acceptors (Lipinski definition) is 6. The SMILES string of the molecule is C[C@H](Oc1ccc2c(c1)c1ccnc3c4ccccc4c(=O)n2c13)C(=O)NCCN1CCOCC1. The monoisotopic (exact) mass is 470 g/mol. The summed E-state index contributed by atoms with van der Waals surface area (Å²) in [5.41, 5.74) is 2.33. The van der Waals surface area contributed by atoms with Gasteiger partial charge in [-0.25, -0.2) is 0 Å². The fourth-order valence-electron chi connectivity index (χ4n) is 4.99. The van der Waals surface area contributed by atoms with Crippen molar-refractivity contribution in [3.8, 4) is 5.75 Å². The molecule has 1 fully saturated rings. The van der Waals surface area contributed by atoms with Gasteiger partial charge in [0.1, 0.15) is 5.75 Å². The van der Waals surface area contributed by atoms with Crippen molar-refractivity contribution in [2.45, 2.75) is 13.0 Å². The topological polar surface area (TPSA) is 85.2 Å². The van der Waals surface area contributed by atoms with E-state index in [1.807, 2.05) is 48.5 Å². The molecule has 0 aliphatic carbocycles. The molecular formula is C27H26N4O4. The number of rotatable bonds is 6. The largest absolute Gasteiger partial charge is 0.481 e. The average Bonchev–Trinajstić information content (AvgIpc) is 3.22. The molecule has 8 heteroatoms. The Morgan fingerprint density at radius 1 is 1.09 bits per heavy atom. The Labute approximate surface area is 201 Å². The Morgan fingerprint density at radius 2 is 1.89 bits per heavy atom. The molecule has 0 saturated carbocycles. The Hall–Kier alpha value is -3.75. The molecule has 35 heavy (non-hydrogen) atoms. The van der Waals surface area contributed by atoms with Gasteiger partial charge in [0.05, 0.1) is 29.8 Å². The van der Waals surface area contributed by atoms with Crippen LogP contribution in [0.1, 0.15) is 6.92 Å². The van der Waals surface area contributed by atoms with Crippen LogP contribution in [0.25, 0.3) is 38.1 Å². The number of fused-ring (bicyclic) bond motifs is 5. The third-order valence-electron chi connectivity index (χ3n) is 6.78. The van der Waals surface area contributed by atoms with Crippen LogP contribution in [0, 0.1) is 0 Å². The molecule has 0 unspecified atom stereocenters. The summed E-state index contributed by atoms with van der Waals surface area (Å²) in [5.74, 6) is 0.422. The van der Waals surface area contributed by atoms with Crippen LogP contribution < -0.4 is 15.6 Å². The minimum atomic E-state index is -0.649. The van der Waals surface area contributed by atoms with E-state index < -0.39 is 6.10 Å². The zero-order valence-corrected chi connectivity index (χ0v) is 19.5. The highest BCUT2D eigenvalue weighted by Crippen LogP contribution is 2.34. The molecule has 178 valence electrons. The summed E-state index contributed by atoms with van der Waals surface area (Å²) in [6.07, 6.45) is 1.12. The van der Waals surface area contributed by atoms with Gasteiger partial charge >= 0.3 is 0 Å². The molecule has 8 nitrogen and oxygen atoms in total. The number of morpholine rings is 1. The normalized spacial score (nSPS) is 15.8. The smallest absolute Gasteiger partial charge is 0.263 e. The van der Waals surface area contributed by atoms with E-state index in [4.69, 9.17) is 9.47 Å². The highest BCUT2D eigenvalue weighted by Gasteiger charge is 2.20. The van der Waals surface area contributed by atoms with E-state index in [1.54, 1.807) is 17.5 Å². The molecule has 0 spiro atoms. The number of carbonyl (C=O) groups is 1. The second-order valence-corrected chi connectivity index (χ2v) is 8.93. The molecule has 0 bridgehead atoms. The number of aromatic nitrogens is 2. The molecule has 1 N–H and O–H groups in total. The molecular weight excluding hydrogens is 444 g/mol. The molecule has 1 atom stereocenters. The number of nitrogens with one attached hydrogen (secondary N) is 1. The van der Waals surface area contributed by atoms with E-state index >= 15 is 0 Å². The number of nitrogens with zero attached hydrogens (tertiary/aromatic N) is 3. The van der Waals surface area contributed by atoms with E-state index in [2.05, 4.69) is 15.2 Å². The fraction of sp³-hybridized carbons (Fsp3) is 0.296. The summed E-state index contributed by atoms with van der Waals surface area (Å²) in [7, 11) is 0. The summed E-state index contributed by atoms with van der Waals surface area (Å²) in [4.78, 5) is 32.8. The third-order valence-corrected chi connectivity index (χ3v) is 6.78. The van der Waals surface area contributed by atoms with Gasteiger partial charge in [-0.1, -0.05) is 18.2 Å². The van der Waals surface area contributed by atoms with E-state index in [-0.39, 0.29) is 11.5 Å². The summed E-state index contributed by atoms with van der Waals surface area (Å²) in [5, 5.41) is 6.26. The number of amides is 1. The van der Waals surface area contributed by atoms with Crippen LogP contribution >= 0.6 is 0 Å². The maximum absolute atomic E-state index is 13.4. The van der Waals surface area contributed by atoms with E-state index in [0.717, 1.165) is 65.6 Å². The van der Waals surface area contributed by atoms with Gasteiger partial charge in [0.25, 0.3) is 11.5 Å². The Bertz CT molecular complexity index is 1610. The van der Waals surface area contributed by atoms with Gasteiger partial charge in [0.15, 0.2) is 6.10 Å². The lowest BCUT2D eigenvalue weighted by atomic mass is 10.1. The highest BCUT2D eigenvalue weighted by molar-refractivity contribution is 6.18. The molecule has 6 rings (SSSR count). The fourth-order valence-corrected chi connectivity index (χ4v) is 4.99. The summed E-state index contributed by atoms with van der Waals surface area (Å²) < 4.78 is 13.1. The van der Waals surface area contributed by atoms with Gasteiger partial charge in [-0.15, -0.1) is 0 Å². The van der Waals surface area contributed by atoms with Crippen LogP contribution in [-0.2, 0) is 9.53 Å². The number of carbonyl (C=O) groups excluding carboxylic acids is 1. The maximum Gasteiger partial charge on any atom is 0.263 e. The van der Waals surface area contributed by atoms with Gasteiger partial charge in [0, 0.05) is 53.9 Å². The molecule has 1 aliphatic rings. The van der Waals surface area contributed by atoms with E-state index in [0.29, 0.717) is 17.7 Å². The van der Waals surface area contributed by atoms with E-state index in [1.165, 1.54) is 0 Å². The first-order chi connectivity index (χ1) is 17.1. The zero-order chi connectivity index (χ0) is 23.9. The summed E-state index contributed by atoms with van der Waals surface area (Å²) in [6, 6.07) is 15.1. The van der Waals surface area contributed by atoms with Gasteiger partial charge in [-0.05, 0) is 37.3 Å². The summed E-state index contributed by atoms with van der Waals surface area (Å²) in [6.45, 7) is 6.36. The zero-order valence-electron chi connectivity index (χ0n) is 19.5. The van der Waals surface area contributed by atoms with Gasteiger partial charge in [0.2, 0.25) is 0 Å². The van der Waals surface area contributed by atoms with Crippen molar-refractivity contribution in [2.75, 3.05) is 39.4 Å². The number of hydrogen-bond donors (Lipinski definition) is 1. The van der Waals surface area contributed by atoms with Crippen molar-refractivity contribution >= 4 is 44.0 Å². The first kappa shape index (κ1) is 21.8. The van der Waals surface area contributed by atoms with Gasteiger partial charge in [-0.3, -0.25) is 23.9 Å². The van der Waals surface area contributed by atoms with Crippen molar-refractivity contribution in [2.24, 2.45) is 0 Å². The maximum atomic E-state index is 13.4. The minimum absolute atomic E-state index is 0.0669. The van der Waals surface area contributed by atoms with Crippen LogP contribution in [0.15, 0.2) is 59.5 Å². The molecule has 2 aromatic carbocycles. The molecule has 1 amide bonds. The molecule has 1 saturated heterocycles. The predicted octanol–water partition coefficient (Wildman–Crippen LogP) is 2.81. The lowest BCUT2D eigenvalue weighted by Crippen LogP contribution is -2.43. The quantitative estimate of drug-likeness (QED) is 0.384. The second-order valence-electron chi connectivity index (χ2n) is 8.93. The van der Waals surface area contributed by atoms with Crippen molar-refractivity contribution in [1.82, 2.24) is 19.6 Å². The molecule has 3 aromatic heterocycles. The van der Waals surface area contributed by atoms with Crippen LogP contribution in [0.3, 0.4) is 0 Å². The molecule has 1 aliphatic heterocycles. The first-order valence-corrected chi connectivity index (χ1v) is 11.9. The molecule has 0 radical (unpaired) electrons. The van der Waals surface area contributed by atoms with Crippen LogP contribution in [0.5, 0.6) is 5.75 Å². The van der Waals surface area contributed by atoms with Gasteiger partial charge < -0.3 is 14.8 Å². The van der Waals surface area contributed by atoms with Crippen LogP contribution in [-0.4, -0.2) is 65.7 Å². The molecule has 4 heterocycles. The lowest BCUT2D eigenvalue weighted by Gasteiger charge is -2.26. The lowest BCUT2D eigenvalue weighted by molar-refractivity contribution is -0.127.